The summed E-state index contributed by atoms with van der Waals surface area (Å²) in [6.07, 6.45) is 9.32. The summed E-state index contributed by atoms with van der Waals surface area (Å²) in [6.45, 7) is 14.2. The number of hydrogen-bond donors (Lipinski definition) is 2. The standard InChI is InChI=1S/C17H32O6P2/c1-7-8-16(5)17(11-15(4)13-23-25(18,19)20)9-10-21-24(6)22-12-14(2)3/h7,11,16-17,24H,1-2,6,8-10,12-13H2,3-5H3,(H2,18,19,20)/b15-11+. The van der Waals surface area contributed by atoms with Crippen molar-refractivity contribution in [1.82, 2.24) is 0 Å². The molecule has 3 unspecified atom stereocenters. The minimum absolute atomic E-state index is 0.103. The van der Waals surface area contributed by atoms with Crippen LogP contribution in [-0.4, -0.2) is 35.9 Å². The van der Waals surface area contributed by atoms with Crippen LogP contribution in [0.5, 0.6) is 0 Å². The highest BCUT2D eigenvalue weighted by atomic mass is 31.2. The van der Waals surface area contributed by atoms with Gasteiger partial charge in [-0.1, -0.05) is 43.1 Å². The second kappa shape index (κ2) is 12.8. The summed E-state index contributed by atoms with van der Waals surface area (Å²) in [5.41, 5.74) is 1.69. The van der Waals surface area contributed by atoms with Crippen LogP contribution in [0.2, 0.25) is 0 Å². The van der Waals surface area contributed by atoms with Crippen LogP contribution in [0.4, 0.5) is 0 Å². The normalized spacial score (nSPS) is 16.3. The fraction of sp³-hybridized carbons (Fsp3) is 0.588. The highest BCUT2D eigenvalue weighted by Crippen LogP contribution is 2.36. The first-order valence-electron chi connectivity index (χ1n) is 8.12. The average Bonchev–Trinajstić information content (AvgIpc) is 2.49. The summed E-state index contributed by atoms with van der Waals surface area (Å²) in [5.74, 6) is 0.497. The molecule has 0 aromatic rings. The molecule has 0 heterocycles. The predicted octanol–water partition coefficient (Wildman–Crippen LogP) is 4.35. The number of hydrogen-bond acceptors (Lipinski definition) is 4. The summed E-state index contributed by atoms with van der Waals surface area (Å²) in [6, 6.07) is 0. The Morgan fingerprint density at radius 1 is 1.28 bits per heavy atom. The molecule has 0 bridgehead atoms. The van der Waals surface area contributed by atoms with E-state index in [1.807, 2.05) is 19.1 Å². The van der Waals surface area contributed by atoms with Crippen LogP contribution in [0.15, 0.2) is 36.5 Å². The Kier molecular flexibility index (Phi) is 12.6. The van der Waals surface area contributed by atoms with Crippen LogP contribution in [0, 0.1) is 11.8 Å². The SMILES string of the molecule is C=CCC(C)C(/C=C(\C)COP(=O)(O)O)CCO[PH](=C)OCC(=C)C. The summed E-state index contributed by atoms with van der Waals surface area (Å²) >= 11 is 0. The molecule has 0 aliphatic heterocycles. The van der Waals surface area contributed by atoms with E-state index in [-0.39, 0.29) is 12.5 Å². The van der Waals surface area contributed by atoms with Crippen LogP contribution >= 0.6 is 15.8 Å². The number of allylic oxidation sites excluding steroid dienone is 2. The molecule has 0 fully saturated rings. The molecule has 0 saturated carbocycles. The van der Waals surface area contributed by atoms with E-state index in [2.05, 4.69) is 30.9 Å². The van der Waals surface area contributed by atoms with Crippen molar-refractivity contribution >= 4 is 22.1 Å². The van der Waals surface area contributed by atoms with Gasteiger partial charge in [-0.2, -0.15) is 0 Å². The fourth-order valence-corrected chi connectivity index (χ4v) is 3.33. The van der Waals surface area contributed by atoms with Crippen molar-refractivity contribution in [1.29, 1.82) is 0 Å². The van der Waals surface area contributed by atoms with Gasteiger partial charge in [-0.05, 0) is 38.5 Å². The quantitative estimate of drug-likeness (QED) is 0.337. The first-order valence-corrected chi connectivity index (χ1v) is 11.2. The van der Waals surface area contributed by atoms with Crippen molar-refractivity contribution < 1.29 is 27.9 Å². The average molecular weight is 394 g/mol. The van der Waals surface area contributed by atoms with Gasteiger partial charge in [0.15, 0.2) is 0 Å². The Balaban J connectivity index is 4.62. The van der Waals surface area contributed by atoms with Gasteiger partial charge in [0.25, 0.3) is 0 Å². The highest BCUT2D eigenvalue weighted by Gasteiger charge is 2.17. The molecule has 146 valence electrons. The van der Waals surface area contributed by atoms with Crippen LogP contribution in [0.3, 0.4) is 0 Å². The molecule has 0 rings (SSSR count). The molecular formula is C17H32O6P2. The van der Waals surface area contributed by atoms with Crippen molar-refractivity contribution in [3.05, 3.63) is 36.5 Å². The lowest BCUT2D eigenvalue weighted by atomic mass is 9.87. The molecule has 0 aromatic heterocycles. The maximum Gasteiger partial charge on any atom is 0.469 e. The van der Waals surface area contributed by atoms with Crippen molar-refractivity contribution in [2.75, 3.05) is 19.8 Å². The largest absolute Gasteiger partial charge is 0.469 e. The maximum absolute atomic E-state index is 10.8. The smallest absolute Gasteiger partial charge is 0.340 e. The first kappa shape index (κ1) is 24.6. The van der Waals surface area contributed by atoms with E-state index in [1.54, 1.807) is 6.92 Å². The zero-order valence-electron chi connectivity index (χ0n) is 15.4. The van der Waals surface area contributed by atoms with Gasteiger partial charge in [-0.15, -0.1) is 6.58 Å². The van der Waals surface area contributed by atoms with Crippen LogP contribution < -0.4 is 0 Å². The van der Waals surface area contributed by atoms with Gasteiger partial charge in [0.05, 0.1) is 19.8 Å². The summed E-state index contributed by atoms with van der Waals surface area (Å²) in [4.78, 5) is 17.6. The molecule has 0 radical (unpaired) electrons. The first-order chi connectivity index (χ1) is 11.5. The molecule has 0 aliphatic carbocycles. The lowest BCUT2D eigenvalue weighted by Crippen LogP contribution is -2.12. The minimum atomic E-state index is -4.46. The minimum Gasteiger partial charge on any atom is -0.340 e. The Hall–Kier alpha value is -0.450. The predicted molar refractivity (Wildman–Crippen MR) is 106 cm³/mol. The van der Waals surface area contributed by atoms with Gasteiger partial charge in [0.2, 0.25) is 0 Å². The third-order valence-electron chi connectivity index (χ3n) is 3.42. The Morgan fingerprint density at radius 2 is 1.92 bits per heavy atom. The Labute approximate surface area is 152 Å². The zero-order valence-corrected chi connectivity index (χ0v) is 17.3. The second-order valence-electron chi connectivity index (χ2n) is 6.20. The molecule has 2 N–H and O–H groups in total. The lowest BCUT2D eigenvalue weighted by molar-refractivity contribution is 0.210. The molecule has 0 aliphatic rings. The monoisotopic (exact) mass is 394 g/mol. The molecule has 8 heteroatoms. The van der Waals surface area contributed by atoms with Gasteiger partial charge in [0, 0.05) is 0 Å². The molecule has 0 aromatic carbocycles. The topological polar surface area (TPSA) is 85.2 Å². The zero-order chi connectivity index (χ0) is 19.5. The number of phosphoric ester groups is 1. The molecule has 6 nitrogen and oxygen atoms in total. The summed E-state index contributed by atoms with van der Waals surface area (Å²) in [5, 5.41) is 0. The van der Waals surface area contributed by atoms with E-state index >= 15 is 0 Å². The van der Waals surface area contributed by atoms with Gasteiger partial charge in [0.1, 0.15) is 8.00 Å². The maximum atomic E-state index is 10.8. The van der Waals surface area contributed by atoms with Crippen LogP contribution in [-0.2, 0) is 18.1 Å². The van der Waals surface area contributed by atoms with Gasteiger partial charge in [-0.3, -0.25) is 4.52 Å². The van der Waals surface area contributed by atoms with Crippen LogP contribution in [0.25, 0.3) is 0 Å². The van der Waals surface area contributed by atoms with Crippen molar-refractivity contribution in [2.24, 2.45) is 11.8 Å². The van der Waals surface area contributed by atoms with E-state index in [4.69, 9.17) is 18.8 Å². The Morgan fingerprint density at radius 3 is 2.44 bits per heavy atom. The third-order valence-corrected chi connectivity index (χ3v) is 4.88. The number of phosphoric acid groups is 1. The third kappa shape index (κ3) is 14.4. The van der Waals surface area contributed by atoms with E-state index < -0.39 is 15.8 Å². The Bertz CT molecular complexity index is 523. The van der Waals surface area contributed by atoms with E-state index in [0.717, 1.165) is 24.0 Å². The highest BCUT2D eigenvalue weighted by molar-refractivity contribution is 7.46. The number of rotatable bonds is 14. The van der Waals surface area contributed by atoms with Gasteiger partial charge < -0.3 is 18.8 Å². The molecule has 25 heavy (non-hydrogen) atoms. The van der Waals surface area contributed by atoms with Crippen molar-refractivity contribution in [2.45, 2.75) is 33.6 Å². The van der Waals surface area contributed by atoms with Crippen molar-refractivity contribution in [3.8, 4) is 0 Å². The van der Waals surface area contributed by atoms with Gasteiger partial charge >= 0.3 is 7.82 Å². The summed E-state index contributed by atoms with van der Waals surface area (Å²) in [7, 11) is -6.01. The van der Waals surface area contributed by atoms with E-state index in [9.17, 15) is 4.57 Å². The molecule has 0 saturated heterocycles. The molecule has 0 spiro atoms. The van der Waals surface area contributed by atoms with E-state index in [1.165, 1.54) is 0 Å². The second-order valence-corrected chi connectivity index (χ2v) is 8.76. The fourth-order valence-electron chi connectivity index (χ4n) is 2.12. The van der Waals surface area contributed by atoms with Crippen molar-refractivity contribution in [3.63, 3.8) is 0 Å². The van der Waals surface area contributed by atoms with Crippen LogP contribution in [0.1, 0.15) is 33.6 Å². The van der Waals surface area contributed by atoms with E-state index in [0.29, 0.717) is 19.1 Å². The molecule has 0 amide bonds. The lowest BCUT2D eigenvalue weighted by Gasteiger charge is -2.21. The van der Waals surface area contributed by atoms with Gasteiger partial charge in [-0.25, -0.2) is 4.57 Å². The molecule has 3 atom stereocenters. The molecular weight excluding hydrogens is 362 g/mol. The summed E-state index contributed by atoms with van der Waals surface area (Å²) < 4.78 is 26.5.